The van der Waals surface area contributed by atoms with Crippen LogP contribution < -0.4 is 5.32 Å². The summed E-state index contributed by atoms with van der Waals surface area (Å²) in [4.78, 5) is 21.8. The summed E-state index contributed by atoms with van der Waals surface area (Å²) >= 11 is 0. The topological polar surface area (TPSA) is 113 Å². The van der Waals surface area contributed by atoms with Gasteiger partial charge < -0.3 is 15.2 Å². The molecule has 9 heteroatoms. The minimum atomic E-state index is -3.76. The number of hydrogen-bond acceptors (Lipinski definition) is 5. The van der Waals surface area contributed by atoms with E-state index in [0.717, 1.165) is 4.31 Å². The number of aliphatic carboxylic acids is 1. The fourth-order valence-corrected chi connectivity index (χ4v) is 2.97. The zero-order valence-electron chi connectivity index (χ0n) is 12.0. The molecule has 0 aliphatic carbocycles. The van der Waals surface area contributed by atoms with Crippen molar-refractivity contribution in [3.8, 4) is 0 Å². The van der Waals surface area contributed by atoms with Crippen molar-refractivity contribution in [2.75, 3.05) is 32.1 Å². The number of sulfonamides is 1. The van der Waals surface area contributed by atoms with Crippen LogP contribution in [-0.2, 0) is 24.3 Å². The minimum absolute atomic E-state index is 0.00179. The van der Waals surface area contributed by atoms with Crippen molar-refractivity contribution in [3.05, 3.63) is 0 Å². The lowest BCUT2D eigenvalue weighted by molar-refractivity contribution is -0.140. The third-order valence-corrected chi connectivity index (χ3v) is 4.44. The predicted molar refractivity (Wildman–Crippen MR) is 72.8 cm³/mol. The Morgan fingerprint density at radius 2 is 2.00 bits per heavy atom. The molecule has 0 aromatic rings. The number of nitrogens with one attached hydrogen (secondary N) is 1. The average molecular weight is 310 g/mol. The molecule has 0 heterocycles. The van der Waals surface area contributed by atoms with E-state index >= 15 is 0 Å². The van der Waals surface area contributed by atoms with Gasteiger partial charge >= 0.3 is 5.97 Å². The van der Waals surface area contributed by atoms with E-state index in [9.17, 15) is 18.0 Å². The van der Waals surface area contributed by atoms with Crippen LogP contribution in [0.1, 0.15) is 20.8 Å². The molecule has 0 aliphatic rings. The molecule has 1 atom stereocenters. The summed E-state index contributed by atoms with van der Waals surface area (Å²) in [5, 5.41) is 11.4. The van der Waals surface area contributed by atoms with Gasteiger partial charge in [-0.3, -0.25) is 9.59 Å². The maximum Gasteiger partial charge on any atom is 0.321 e. The number of ether oxygens (including phenoxy) is 1. The molecule has 0 bridgehead atoms. The highest BCUT2D eigenvalue weighted by molar-refractivity contribution is 7.89. The number of carboxylic acid groups (broad SMARTS) is 1. The Hall–Kier alpha value is -1.19. The third-order valence-electron chi connectivity index (χ3n) is 2.54. The van der Waals surface area contributed by atoms with Gasteiger partial charge in [0.1, 0.15) is 6.04 Å². The second-order valence-electron chi connectivity index (χ2n) is 4.12. The molecule has 2 N–H and O–H groups in total. The van der Waals surface area contributed by atoms with Crippen molar-refractivity contribution in [2.45, 2.75) is 26.8 Å². The number of hydrogen-bond donors (Lipinski definition) is 2. The van der Waals surface area contributed by atoms with Crippen molar-refractivity contribution >= 4 is 21.9 Å². The molecule has 0 fully saturated rings. The lowest BCUT2D eigenvalue weighted by Gasteiger charge is -2.25. The Morgan fingerprint density at radius 3 is 2.45 bits per heavy atom. The van der Waals surface area contributed by atoms with Gasteiger partial charge in [0.25, 0.3) is 0 Å². The van der Waals surface area contributed by atoms with Gasteiger partial charge in [0.05, 0.1) is 12.4 Å². The monoisotopic (exact) mass is 310 g/mol. The number of rotatable bonds is 10. The summed E-state index contributed by atoms with van der Waals surface area (Å²) in [6, 6.07) is -1.20. The average Bonchev–Trinajstić information content (AvgIpc) is 2.33. The zero-order chi connectivity index (χ0) is 15.8. The molecular formula is C11H22N2O6S. The SMILES string of the molecule is CCOCCS(=O)(=O)N(CCNC(C)=O)C(C)C(=O)O. The number of nitrogens with zero attached hydrogens (tertiary/aromatic N) is 1. The Balaban J connectivity index is 4.81. The van der Waals surface area contributed by atoms with Crippen LogP contribution in [0.2, 0.25) is 0 Å². The molecule has 1 unspecified atom stereocenters. The lowest BCUT2D eigenvalue weighted by atomic mass is 10.3. The van der Waals surface area contributed by atoms with E-state index in [1.165, 1.54) is 13.8 Å². The molecule has 1 amide bonds. The molecule has 0 aromatic carbocycles. The van der Waals surface area contributed by atoms with E-state index in [0.29, 0.717) is 6.61 Å². The molecule has 0 radical (unpaired) electrons. The first-order valence-electron chi connectivity index (χ1n) is 6.26. The quantitative estimate of drug-likeness (QED) is 0.514. The molecule has 0 rings (SSSR count). The molecule has 118 valence electrons. The van der Waals surface area contributed by atoms with Gasteiger partial charge in [0.15, 0.2) is 0 Å². The van der Waals surface area contributed by atoms with Crippen LogP contribution in [-0.4, -0.2) is 67.8 Å². The van der Waals surface area contributed by atoms with Gasteiger partial charge in [0, 0.05) is 26.6 Å². The summed E-state index contributed by atoms with van der Waals surface area (Å²) in [5.74, 6) is -1.84. The molecule has 0 saturated carbocycles. The highest BCUT2D eigenvalue weighted by Gasteiger charge is 2.30. The normalized spacial score (nSPS) is 13.2. The third kappa shape index (κ3) is 6.83. The van der Waals surface area contributed by atoms with Gasteiger partial charge in [-0.1, -0.05) is 0 Å². The Kier molecular flexibility index (Phi) is 8.35. The fourth-order valence-electron chi connectivity index (χ4n) is 1.46. The molecule has 20 heavy (non-hydrogen) atoms. The first-order valence-corrected chi connectivity index (χ1v) is 7.87. The minimum Gasteiger partial charge on any atom is -0.480 e. The molecule has 0 spiro atoms. The van der Waals surface area contributed by atoms with E-state index in [-0.39, 0.29) is 31.4 Å². The van der Waals surface area contributed by atoms with Gasteiger partial charge in [-0.25, -0.2) is 8.42 Å². The standard InChI is InChI=1S/C11H22N2O6S/c1-4-19-7-8-20(17,18)13(9(2)11(15)16)6-5-12-10(3)14/h9H,4-8H2,1-3H3,(H,12,14)(H,15,16). The van der Waals surface area contributed by atoms with Crippen LogP contribution >= 0.6 is 0 Å². The van der Waals surface area contributed by atoms with Crippen LogP contribution in [0, 0.1) is 0 Å². The summed E-state index contributed by atoms with van der Waals surface area (Å²) in [7, 11) is -3.76. The van der Waals surface area contributed by atoms with E-state index in [2.05, 4.69) is 5.32 Å². The van der Waals surface area contributed by atoms with Crippen molar-refractivity contribution in [1.29, 1.82) is 0 Å². The second kappa shape index (κ2) is 8.88. The first kappa shape index (κ1) is 18.8. The molecular weight excluding hydrogens is 288 g/mol. The van der Waals surface area contributed by atoms with Crippen LogP contribution in [0.5, 0.6) is 0 Å². The molecule has 0 aliphatic heterocycles. The number of carboxylic acids is 1. The largest absolute Gasteiger partial charge is 0.480 e. The van der Waals surface area contributed by atoms with Gasteiger partial charge in [-0.05, 0) is 13.8 Å². The summed E-state index contributed by atoms with van der Waals surface area (Å²) in [6.45, 7) is 4.67. The van der Waals surface area contributed by atoms with Crippen LogP contribution in [0.15, 0.2) is 0 Å². The van der Waals surface area contributed by atoms with E-state index < -0.39 is 22.0 Å². The van der Waals surface area contributed by atoms with Crippen LogP contribution in [0.25, 0.3) is 0 Å². The lowest BCUT2D eigenvalue weighted by Crippen LogP contribution is -2.47. The summed E-state index contributed by atoms with van der Waals surface area (Å²) in [6.07, 6.45) is 0. The summed E-state index contributed by atoms with van der Waals surface area (Å²) < 4.78 is 30.0. The van der Waals surface area contributed by atoms with Gasteiger partial charge in [-0.2, -0.15) is 4.31 Å². The van der Waals surface area contributed by atoms with E-state index in [4.69, 9.17) is 9.84 Å². The van der Waals surface area contributed by atoms with Gasteiger partial charge in [0.2, 0.25) is 15.9 Å². The van der Waals surface area contributed by atoms with Crippen molar-refractivity contribution < 1.29 is 27.9 Å². The Morgan fingerprint density at radius 1 is 1.40 bits per heavy atom. The maximum absolute atomic E-state index is 12.1. The Labute approximate surface area is 119 Å². The first-order chi connectivity index (χ1) is 9.22. The van der Waals surface area contributed by atoms with Crippen molar-refractivity contribution in [1.82, 2.24) is 9.62 Å². The van der Waals surface area contributed by atoms with Crippen LogP contribution in [0.4, 0.5) is 0 Å². The molecule has 8 nitrogen and oxygen atoms in total. The predicted octanol–water partition coefficient (Wildman–Crippen LogP) is -0.736. The summed E-state index contributed by atoms with van der Waals surface area (Å²) in [5.41, 5.74) is 0. The zero-order valence-corrected chi connectivity index (χ0v) is 12.8. The highest BCUT2D eigenvalue weighted by atomic mass is 32.2. The second-order valence-corrected chi connectivity index (χ2v) is 6.16. The van der Waals surface area contributed by atoms with E-state index in [1.54, 1.807) is 6.92 Å². The van der Waals surface area contributed by atoms with Crippen molar-refractivity contribution in [3.63, 3.8) is 0 Å². The smallest absolute Gasteiger partial charge is 0.321 e. The van der Waals surface area contributed by atoms with Crippen LogP contribution in [0.3, 0.4) is 0 Å². The number of carbonyl (C=O) groups excluding carboxylic acids is 1. The Bertz CT molecular complexity index is 423. The fraction of sp³-hybridized carbons (Fsp3) is 0.818. The number of carbonyl (C=O) groups is 2. The highest BCUT2D eigenvalue weighted by Crippen LogP contribution is 2.08. The molecule has 0 aromatic heterocycles. The van der Waals surface area contributed by atoms with E-state index in [1.807, 2.05) is 0 Å². The van der Waals surface area contributed by atoms with Crippen molar-refractivity contribution in [2.24, 2.45) is 0 Å². The van der Waals surface area contributed by atoms with Gasteiger partial charge in [-0.15, -0.1) is 0 Å². The maximum atomic E-state index is 12.1. The number of amides is 1. The molecule has 0 saturated heterocycles.